The van der Waals surface area contributed by atoms with Crippen LogP contribution < -0.4 is 20.1 Å². The van der Waals surface area contributed by atoms with Crippen LogP contribution in [-0.4, -0.2) is 48.0 Å². The van der Waals surface area contributed by atoms with Gasteiger partial charge in [0, 0.05) is 0 Å². The predicted octanol–water partition coefficient (Wildman–Crippen LogP) is 1.89. The fourth-order valence-corrected chi connectivity index (χ4v) is 4.16. The number of benzene rings is 1. The van der Waals surface area contributed by atoms with E-state index >= 15 is 0 Å². The molecular formula is C20H25N3O5. The molecule has 1 atom stereocenters. The predicted molar refractivity (Wildman–Crippen MR) is 100 cm³/mol. The van der Waals surface area contributed by atoms with Crippen LogP contribution in [0.5, 0.6) is 11.5 Å². The van der Waals surface area contributed by atoms with Gasteiger partial charge >= 0.3 is 6.03 Å². The maximum atomic E-state index is 12.8. The summed E-state index contributed by atoms with van der Waals surface area (Å²) in [5, 5.41) is 5.67. The Balaban J connectivity index is 1.39. The summed E-state index contributed by atoms with van der Waals surface area (Å²) in [7, 11) is 0. The van der Waals surface area contributed by atoms with Gasteiger partial charge in [0.05, 0.1) is 6.04 Å². The Hall–Kier alpha value is -2.77. The lowest BCUT2D eigenvalue weighted by atomic mass is 9.82. The first kappa shape index (κ1) is 18.6. The van der Waals surface area contributed by atoms with Crippen LogP contribution in [0, 0.1) is 0 Å². The molecule has 1 aromatic carbocycles. The first-order chi connectivity index (χ1) is 13.5. The normalized spacial score (nSPS) is 21.4. The molecule has 0 aromatic heterocycles. The van der Waals surface area contributed by atoms with Gasteiger partial charge in [-0.05, 0) is 37.5 Å². The molecule has 1 saturated carbocycles. The van der Waals surface area contributed by atoms with Crippen LogP contribution >= 0.6 is 0 Å². The molecule has 8 nitrogen and oxygen atoms in total. The van der Waals surface area contributed by atoms with Gasteiger partial charge in [-0.15, -0.1) is 0 Å². The lowest BCUT2D eigenvalue weighted by Crippen LogP contribution is -2.49. The standard InChI is InChI=1S/C20H25N3O5/c1-13(14-5-6-15-16(11-14)28-10-9-27-15)21-17(24)12-23-18(25)20(22-19(23)26)7-3-2-4-8-20/h5-6,11,13H,2-4,7-10,12H2,1H3,(H,21,24)(H,22,26)/t13-/m0/s1. The van der Waals surface area contributed by atoms with Crippen LogP contribution in [0.1, 0.15) is 50.6 Å². The number of nitrogens with zero attached hydrogens (tertiary/aromatic N) is 1. The van der Waals surface area contributed by atoms with Crippen LogP contribution in [0.25, 0.3) is 0 Å². The lowest BCUT2D eigenvalue weighted by Gasteiger charge is -2.30. The Morgan fingerprint density at radius 1 is 1.18 bits per heavy atom. The topological polar surface area (TPSA) is 97.0 Å². The third kappa shape index (κ3) is 3.39. The molecule has 4 amide bonds. The van der Waals surface area contributed by atoms with Crippen molar-refractivity contribution in [2.75, 3.05) is 19.8 Å². The summed E-state index contributed by atoms with van der Waals surface area (Å²) >= 11 is 0. The average Bonchev–Trinajstić information content (AvgIpc) is 2.92. The molecule has 28 heavy (non-hydrogen) atoms. The van der Waals surface area contributed by atoms with Gasteiger partial charge in [0.15, 0.2) is 11.5 Å². The molecule has 2 aliphatic heterocycles. The van der Waals surface area contributed by atoms with Gasteiger partial charge in [0.25, 0.3) is 5.91 Å². The number of carbonyl (C=O) groups excluding carboxylic acids is 3. The first-order valence-corrected chi connectivity index (χ1v) is 9.81. The summed E-state index contributed by atoms with van der Waals surface area (Å²) < 4.78 is 11.1. The number of hydrogen-bond donors (Lipinski definition) is 2. The Morgan fingerprint density at radius 2 is 1.89 bits per heavy atom. The summed E-state index contributed by atoms with van der Waals surface area (Å²) in [6.07, 6.45) is 4.17. The van der Waals surface area contributed by atoms with Gasteiger partial charge in [-0.2, -0.15) is 0 Å². The Morgan fingerprint density at radius 3 is 2.64 bits per heavy atom. The van der Waals surface area contributed by atoms with Gasteiger partial charge in [-0.3, -0.25) is 14.5 Å². The van der Waals surface area contributed by atoms with Crippen molar-refractivity contribution in [3.8, 4) is 11.5 Å². The van der Waals surface area contributed by atoms with E-state index in [1.54, 1.807) is 0 Å². The second kappa shape index (κ2) is 7.33. The average molecular weight is 387 g/mol. The van der Waals surface area contributed by atoms with E-state index < -0.39 is 11.6 Å². The molecular weight excluding hydrogens is 362 g/mol. The van der Waals surface area contributed by atoms with Crippen molar-refractivity contribution in [3.05, 3.63) is 23.8 Å². The number of fused-ring (bicyclic) bond motifs is 1. The second-order valence-corrected chi connectivity index (χ2v) is 7.66. The van der Waals surface area contributed by atoms with Gasteiger partial charge in [0.1, 0.15) is 25.3 Å². The highest BCUT2D eigenvalue weighted by Crippen LogP contribution is 2.34. The molecule has 3 aliphatic rings. The van der Waals surface area contributed by atoms with E-state index in [1.165, 1.54) is 0 Å². The van der Waals surface area contributed by atoms with E-state index in [1.807, 2.05) is 25.1 Å². The van der Waals surface area contributed by atoms with Crippen molar-refractivity contribution >= 4 is 17.8 Å². The number of carbonyl (C=O) groups is 3. The Bertz CT molecular complexity index is 803. The quantitative estimate of drug-likeness (QED) is 0.769. The highest BCUT2D eigenvalue weighted by atomic mass is 16.6. The van der Waals surface area contributed by atoms with E-state index in [2.05, 4.69) is 10.6 Å². The summed E-state index contributed by atoms with van der Waals surface area (Å²) in [6.45, 7) is 2.58. The summed E-state index contributed by atoms with van der Waals surface area (Å²) in [6, 6.07) is 4.74. The van der Waals surface area contributed by atoms with E-state index in [4.69, 9.17) is 9.47 Å². The van der Waals surface area contributed by atoms with E-state index in [9.17, 15) is 14.4 Å². The summed E-state index contributed by atoms with van der Waals surface area (Å²) in [5.74, 6) is 0.682. The third-order valence-corrected chi connectivity index (χ3v) is 5.70. The van der Waals surface area contributed by atoms with Crippen molar-refractivity contribution in [1.29, 1.82) is 0 Å². The molecule has 150 valence electrons. The third-order valence-electron chi connectivity index (χ3n) is 5.70. The number of nitrogens with one attached hydrogen (secondary N) is 2. The molecule has 2 fully saturated rings. The maximum Gasteiger partial charge on any atom is 0.325 e. The molecule has 0 bridgehead atoms. The zero-order valence-electron chi connectivity index (χ0n) is 16.0. The van der Waals surface area contributed by atoms with Gasteiger partial charge in [0.2, 0.25) is 5.91 Å². The van der Waals surface area contributed by atoms with Gasteiger partial charge in [-0.1, -0.05) is 25.3 Å². The fourth-order valence-electron chi connectivity index (χ4n) is 4.16. The minimum absolute atomic E-state index is 0.276. The molecule has 2 N–H and O–H groups in total. The number of amides is 4. The van der Waals surface area contributed by atoms with Crippen LogP contribution in [0.3, 0.4) is 0 Å². The minimum atomic E-state index is -0.808. The minimum Gasteiger partial charge on any atom is -0.486 e. The van der Waals surface area contributed by atoms with Gasteiger partial charge in [-0.25, -0.2) is 4.79 Å². The smallest absolute Gasteiger partial charge is 0.325 e. The number of urea groups is 1. The van der Waals surface area contributed by atoms with Crippen molar-refractivity contribution in [2.24, 2.45) is 0 Å². The van der Waals surface area contributed by atoms with Crippen molar-refractivity contribution in [2.45, 2.75) is 50.6 Å². The largest absolute Gasteiger partial charge is 0.486 e. The van der Waals surface area contributed by atoms with E-state index in [0.717, 1.165) is 29.7 Å². The molecule has 1 spiro atoms. The molecule has 1 aromatic rings. The molecule has 0 unspecified atom stereocenters. The van der Waals surface area contributed by atoms with Crippen LogP contribution in [0.2, 0.25) is 0 Å². The number of rotatable bonds is 4. The molecule has 0 radical (unpaired) electrons. The zero-order chi connectivity index (χ0) is 19.7. The monoisotopic (exact) mass is 387 g/mol. The van der Waals surface area contributed by atoms with Crippen LogP contribution in [-0.2, 0) is 9.59 Å². The number of ether oxygens (including phenoxy) is 2. The molecule has 4 rings (SSSR count). The first-order valence-electron chi connectivity index (χ1n) is 9.81. The molecule has 8 heteroatoms. The molecule has 1 aliphatic carbocycles. The zero-order valence-corrected chi connectivity index (χ0v) is 16.0. The number of hydrogen-bond acceptors (Lipinski definition) is 5. The molecule has 1 saturated heterocycles. The van der Waals surface area contributed by atoms with E-state index in [-0.39, 0.29) is 24.4 Å². The van der Waals surface area contributed by atoms with Crippen LogP contribution in [0.4, 0.5) is 4.79 Å². The highest BCUT2D eigenvalue weighted by molar-refractivity contribution is 6.09. The van der Waals surface area contributed by atoms with Gasteiger partial charge < -0.3 is 20.1 Å². The van der Waals surface area contributed by atoms with Crippen molar-refractivity contribution in [1.82, 2.24) is 15.5 Å². The Kier molecular flexibility index (Phi) is 4.87. The van der Waals surface area contributed by atoms with Crippen LogP contribution in [0.15, 0.2) is 18.2 Å². The second-order valence-electron chi connectivity index (χ2n) is 7.66. The highest BCUT2D eigenvalue weighted by Gasteiger charge is 2.51. The van der Waals surface area contributed by atoms with E-state index in [0.29, 0.717) is 37.6 Å². The molecule has 2 heterocycles. The van der Waals surface area contributed by atoms with Crippen molar-refractivity contribution in [3.63, 3.8) is 0 Å². The van der Waals surface area contributed by atoms with Crippen molar-refractivity contribution < 1.29 is 23.9 Å². The number of imide groups is 1. The summed E-state index contributed by atoms with van der Waals surface area (Å²) in [4.78, 5) is 38.6. The fraction of sp³-hybridized carbons (Fsp3) is 0.550. The lowest BCUT2D eigenvalue weighted by molar-refractivity contribution is -0.136. The Labute approximate surface area is 163 Å². The summed E-state index contributed by atoms with van der Waals surface area (Å²) in [5.41, 5.74) is 0.0513. The maximum absolute atomic E-state index is 12.8. The SMILES string of the molecule is C[C@H](NC(=O)CN1C(=O)NC2(CCCCC2)C1=O)c1ccc2c(c1)OCCO2.